The van der Waals surface area contributed by atoms with Crippen molar-refractivity contribution in [2.45, 2.75) is 45.6 Å². The monoisotopic (exact) mass is 709 g/mol. The Hall–Kier alpha value is -5.75. The van der Waals surface area contributed by atoms with Crippen LogP contribution in [0.25, 0.3) is 11.0 Å². The molecule has 12 nitrogen and oxygen atoms in total. The smallest absolute Gasteiger partial charge is 0.412 e. The number of para-hydroxylation sites is 1. The number of amides is 2. The minimum Gasteiger partial charge on any atom is -0.449 e. The van der Waals surface area contributed by atoms with E-state index in [4.69, 9.17) is 31.5 Å². The van der Waals surface area contributed by atoms with Gasteiger partial charge in [0.2, 0.25) is 0 Å². The Balaban J connectivity index is 1.21. The van der Waals surface area contributed by atoms with E-state index in [2.05, 4.69) is 22.5 Å². The number of aromatic nitrogens is 3. The van der Waals surface area contributed by atoms with E-state index in [-0.39, 0.29) is 30.5 Å². The molecule has 0 atom stereocenters. The largest absolute Gasteiger partial charge is 0.449 e. The first-order valence-corrected chi connectivity index (χ1v) is 17.1. The number of anilines is 2. The topological polar surface area (TPSA) is 152 Å². The van der Waals surface area contributed by atoms with Crippen molar-refractivity contribution >= 4 is 57.9 Å². The number of hydrogen-bond donors (Lipinski definition) is 3. The number of nitrogens with zero attached hydrogens (tertiary/aromatic N) is 4. The molecule has 0 bridgehead atoms. The number of nitrogens with one attached hydrogen (secondary N) is 3. The van der Waals surface area contributed by atoms with E-state index < -0.39 is 12.1 Å². The second kappa shape index (κ2) is 17.8. The van der Waals surface area contributed by atoms with E-state index in [9.17, 15) is 14.4 Å². The van der Waals surface area contributed by atoms with Crippen LogP contribution in [0.15, 0.2) is 91.1 Å². The fourth-order valence-electron chi connectivity index (χ4n) is 5.27. The number of pyridine rings is 1. The van der Waals surface area contributed by atoms with Crippen molar-refractivity contribution in [3.63, 3.8) is 0 Å². The number of esters is 1. The van der Waals surface area contributed by atoms with Crippen LogP contribution in [0.2, 0.25) is 5.02 Å². The summed E-state index contributed by atoms with van der Waals surface area (Å²) in [4.78, 5) is 49.1. The Kier molecular flexibility index (Phi) is 12.7. The summed E-state index contributed by atoms with van der Waals surface area (Å²) in [5.74, 6) is 0.466. The number of hydrogen-bond acceptors (Lipinski definition) is 9. The quantitative estimate of drug-likeness (QED) is 0.0332. The number of fused-ring (bicyclic) bond motifs is 1. The van der Waals surface area contributed by atoms with Gasteiger partial charge in [-0.2, -0.15) is 0 Å². The lowest BCUT2D eigenvalue weighted by Gasteiger charge is -2.21. The standard InChI is InChI=1S/C38H40ClN7O5/c1-3-4-5-10-23-50-38(49)44-36(40)26-14-17-28(18-15-26)42-25-34-43-30-24-27(16-19-31(30)45(34)2)37(48)46(33-13-8-9-21-41-33)22-20-35(47)51-32-12-7-6-11-29(32)39/h6-9,11-19,21,24,42H,3-5,10,20,22-23,25H2,1-2H3,(H2,40,44,49). The summed E-state index contributed by atoms with van der Waals surface area (Å²) >= 11 is 6.13. The van der Waals surface area contributed by atoms with Crippen molar-refractivity contribution in [1.82, 2.24) is 19.9 Å². The van der Waals surface area contributed by atoms with Crippen molar-refractivity contribution in [3.8, 4) is 5.75 Å². The van der Waals surface area contributed by atoms with E-state index in [1.165, 1.54) is 4.90 Å². The molecule has 2 aromatic heterocycles. The SMILES string of the molecule is CCCCCCOC(=O)NC(=N)c1ccc(NCc2nc3cc(C(=O)N(CCC(=O)Oc4ccccc4Cl)c4ccccn4)ccc3n2C)cc1. The van der Waals surface area contributed by atoms with Gasteiger partial charge >= 0.3 is 12.1 Å². The molecule has 51 heavy (non-hydrogen) atoms. The van der Waals surface area contributed by atoms with Gasteiger partial charge in [-0.15, -0.1) is 0 Å². The van der Waals surface area contributed by atoms with Crippen LogP contribution >= 0.6 is 11.6 Å². The molecule has 3 N–H and O–H groups in total. The molecule has 5 rings (SSSR count). The molecule has 0 aliphatic rings. The van der Waals surface area contributed by atoms with Crippen LogP contribution in [0.4, 0.5) is 16.3 Å². The van der Waals surface area contributed by atoms with E-state index in [0.29, 0.717) is 40.6 Å². The maximum atomic E-state index is 13.9. The lowest BCUT2D eigenvalue weighted by Crippen LogP contribution is -2.34. The summed E-state index contributed by atoms with van der Waals surface area (Å²) in [7, 11) is 1.90. The average Bonchev–Trinajstić information content (AvgIpc) is 3.46. The third-order valence-corrected chi connectivity index (χ3v) is 8.39. The number of alkyl carbamates (subject to hydrolysis) is 1. The summed E-state index contributed by atoms with van der Waals surface area (Å²) in [6, 6.07) is 24.3. The molecule has 5 aromatic rings. The number of benzene rings is 3. The fraction of sp³-hybridized carbons (Fsp3) is 0.263. The van der Waals surface area contributed by atoms with Crippen LogP contribution in [0, 0.1) is 5.41 Å². The molecule has 2 heterocycles. The number of amidine groups is 1. The highest BCUT2D eigenvalue weighted by molar-refractivity contribution is 6.32. The molecule has 0 saturated carbocycles. The highest BCUT2D eigenvalue weighted by Crippen LogP contribution is 2.25. The lowest BCUT2D eigenvalue weighted by atomic mass is 10.1. The minimum absolute atomic E-state index is 0.0338. The van der Waals surface area contributed by atoms with Gasteiger partial charge in [0.25, 0.3) is 5.91 Å². The van der Waals surface area contributed by atoms with Gasteiger partial charge in [0.15, 0.2) is 0 Å². The Morgan fingerprint density at radius 3 is 2.45 bits per heavy atom. The first-order valence-electron chi connectivity index (χ1n) is 16.7. The summed E-state index contributed by atoms with van der Waals surface area (Å²) in [5, 5.41) is 14.3. The maximum absolute atomic E-state index is 13.9. The molecule has 0 aliphatic heterocycles. The molecule has 264 valence electrons. The van der Waals surface area contributed by atoms with E-state index in [1.807, 2.05) is 29.8 Å². The molecule has 2 amide bonds. The molecule has 0 unspecified atom stereocenters. The molecular weight excluding hydrogens is 670 g/mol. The molecule has 0 spiro atoms. The first kappa shape index (κ1) is 36.5. The van der Waals surface area contributed by atoms with Crippen molar-refractivity contribution in [2.24, 2.45) is 7.05 Å². The predicted molar refractivity (Wildman–Crippen MR) is 198 cm³/mol. The number of ether oxygens (including phenoxy) is 2. The minimum atomic E-state index is -0.635. The van der Waals surface area contributed by atoms with E-state index in [0.717, 1.165) is 42.7 Å². The van der Waals surface area contributed by atoms with Gasteiger partial charge in [0.05, 0.1) is 35.6 Å². The zero-order chi connectivity index (χ0) is 36.2. The molecule has 3 aromatic carbocycles. The normalized spacial score (nSPS) is 10.8. The van der Waals surface area contributed by atoms with Gasteiger partial charge in [-0.3, -0.25) is 25.2 Å². The Morgan fingerprint density at radius 2 is 1.71 bits per heavy atom. The second-order valence-electron chi connectivity index (χ2n) is 11.7. The summed E-state index contributed by atoms with van der Waals surface area (Å²) in [6.07, 6.45) is 4.87. The van der Waals surface area contributed by atoms with Crippen LogP contribution in [0.3, 0.4) is 0 Å². The summed E-state index contributed by atoms with van der Waals surface area (Å²) in [5.41, 5.74) is 3.19. The molecule has 13 heteroatoms. The third kappa shape index (κ3) is 9.92. The summed E-state index contributed by atoms with van der Waals surface area (Å²) < 4.78 is 12.5. The highest BCUT2D eigenvalue weighted by atomic mass is 35.5. The van der Waals surface area contributed by atoms with Crippen molar-refractivity contribution in [2.75, 3.05) is 23.4 Å². The third-order valence-electron chi connectivity index (χ3n) is 8.07. The molecule has 0 saturated heterocycles. The van der Waals surface area contributed by atoms with Crippen molar-refractivity contribution < 1.29 is 23.9 Å². The first-order chi connectivity index (χ1) is 24.7. The number of rotatable bonds is 15. The fourth-order valence-corrected chi connectivity index (χ4v) is 5.45. The Morgan fingerprint density at radius 1 is 0.941 bits per heavy atom. The van der Waals surface area contributed by atoms with Crippen LogP contribution in [0.1, 0.15) is 60.8 Å². The highest BCUT2D eigenvalue weighted by Gasteiger charge is 2.22. The van der Waals surface area contributed by atoms with E-state index >= 15 is 0 Å². The zero-order valence-electron chi connectivity index (χ0n) is 28.5. The Bertz CT molecular complexity index is 1980. The summed E-state index contributed by atoms with van der Waals surface area (Å²) in [6.45, 7) is 2.87. The van der Waals surface area contributed by atoms with Gasteiger partial charge in [-0.05, 0) is 73.2 Å². The van der Waals surface area contributed by atoms with Gasteiger partial charge in [0, 0.05) is 36.6 Å². The van der Waals surface area contributed by atoms with Gasteiger partial charge in [-0.1, -0.05) is 56.0 Å². The second-order valence-corrected chi connectivity index (χ2v) is 12.1. The number of halogens is 1. The van der Waals surface area contributed by atoms with Crippen LogP contribution in [-0.4, -0.2) is 51.5 Å². The van der Waals surface area contributed by atoms with Crippen LogP contribution < -0.4 is 20.3 Å². The van der Waals surface area contributed by atoms with Gasteiger partial charge < -0.3 is 19.4 Å². The maximum Gasteiger partial charge on any atom is 0.412 e. The zero-order valence-corrected chi connectivity index (χ0v) is 29.3. The van der Waals surface area contributed by atoms with Crippen LogP contribution in [-0.2, 0) is 23.1 Å². The van der Waals surface area contributed by atoms with Gasteiger partial charge in [0.1, 0.15) is 23.2 Å². The van der Waals surface area contributed by atoms with Gasteiger partial charge in [-0.25, -0.2) is 14.8 Å². The Labute approximate surface area is 301 Å². The molecule has 0 radical (unpaired) electrons. The average molecular weight is 710 g/mol. The number of unbranched alkanes of at least 4 members (excludes halogenated alkanes) is 3. The number of carbonyl (C=O) groups is 3. The lowest BCUT2D eigenvalue weighted by molar-refractivity contribution is -0.134. The molecule has 0 aliphatic carbocycles. The number of carbonyl (C=O) groups excluding carboxylic acids is 3. The number of aryl methyl sites for hydroxylation is 1. The van der Waals surface area contributed by atoms with Crippen LogP contribution in [0.5, 0.6) is 5.75 Å². The van der Waals surface area contributed by atoms with Crippen molar-refractivity contribution in [1.29, 1.82) is 5.41 Å². The van der Waals surface area contributed by atoms with Crippen molar-refractivity contribution in [3.05, 3.63) is 113 Å². The molecular formula is C38H40ClN7O5. The predicted octanol–water partition coefficient (Wildman–Crippen LogP) is 7.51. The molecule has 0 fully saturated rings. The number of imidazole rings is 1. The van der Waals surface area contributed by atoms with E-state index in [1.54, 1.807) is 72.9 Å².